The van der Waals surface area contributed by atoms with Gasteiger partial charge in [0.2, 0.25) is 0 Å². The van der Waals surface area contributed by atoms with Crippen LogP contribution in [0.3, 0.4) is 0 Å². The largest absolute Gasteiger partial charge is 0.334 e. The van der Waals surface area contributed by atoms with E-state index in [-0.39, 0.29) is 5.91 Å². The van der Waals surface area contributed by atoms with Gasteiger partial charge in [0.25, 0.3) is 11.8 Å². The summed E-state index contributed by atoms with van der Waals surface area (Å²) in [4.78, 5) is 19.2. The minimum absolute atomic E-state index is 0.0310. The number of hydrogen-bond acceptors (Lipinski definition) is 4. The number of hydrogen-bond donors (Lipinski definition) is 0. The average Bonchev–Trinajstić information content (AvgIpc) is 3.07. The van der Waals surface area contributed by atoms with Crippen LogP contribution in [0.25, 0.3) is 11.5 Å². The Kier molecular flexibility index (Phi) is 3.84. The molecule has 0 N–H and O–H groups in total. The van der Waals surface area contributed by atoms with E-state index < -0.39 is 0 Å². The fourth-order valence-electron chi connectivity index (χ4n) is 3.38. The minimum atomic E-state index is 0.0310. The van der Waals surface area contributed by atoms with Gasteiger partial charge in [-0.05, 0) is 62.1 Å². The topological polar surface area (TPSA) is 59.2 Å². The van der Waals surface area contributed by atoms with E-state index in [4.69, 9.17) is 4.52 Å². The molecule has 4 rings (SSSR count). The van der Waals surface area contributed by atoms with Crippen molar-refractivity contribution >= 4 is 11.6 Å². The van der Waals surface area contributed by atoms with Crippen molar-refractivity contribution in [2.45, 2.75) is 26.7 Å². The van der Waals surface area contributed by atoms with Crippen LogP contribution in [-0.4, -0.2) is 22.6 Å². The lowest BCUT2D eigenvalue weighted by atomic mass is 9.97. The molecule has 1 amide bonds. The van der Waals surface area contributed by atoms with Crippen molar-refractivity contribution in [3.63, 3.8) is 0 Å². The second-order valence-corrected chi connectivity index (χ2v) is 6.37. The van der Waals surface area contributed by atoms with Gasteiger partial charge in [-0.15, -0.1) is 0 Å². The molecular weight excluding hydrogens is 314 g/mol. The molecule has 1 aliphatic heterocycles. The number of rotatable bonds is 2. The maximum Gasteiger partial charge on any atom is 0.258 e. The predicted molar refractivity (Wildman–Crippen MR) is 95.6 cm³/mol. The van der Waals surface area contributed by atoms with Crippen molar-refractivity contribution in [1.29, 1.82) is 0 Å². The van der Waals surface area contributed by atoms with E-state index in [9.17, 15) is 4.79 Å². The average molecular weight is 333 g/mol. The van der Waals surface area contributed by atoms with Gasteiger partial charge in [-0.2, -0.15) is 4.98 Å². The van der Waals surface area contributed by atoms with Crippen molar-refractivity contribution in [2.75, 3.05) is 11.4 Å². The number of carbonyl (C=O) groups is 1. The summed E-state index contributed by atoms with van der Waals surface area (Å²) >= 11 is 0. The summed E-state index contributed by atoms with van der Waals surface area (Å²) in [7, 11) is 0. The summed E-state index contributed by atoms with van der Waals surface area (Å²) in [6.07, 6.45) is 2.01. The van der Waals surface area contributed by atoms with Gasteiger partial charge in [0.05, 0.1) is 5.69 Å². The third kappa shape index (κ3) is 2.82. The van der Waals surface area contributed by atoms with E-state index in [0.717, 1.165) is 36.2 Å². The highest BCUT2D eigenvalue weighted by molar-refractivity contribution is 6.07. The number of amides is 1. The molecule has 25 heavy (non-hydrogen) atoms. The lowest BCUT2D eigenvalue weighted by molar-refractivity contribution is 0.0985. The van der Waals surface area contributed by atoms with Crippen LogP contribution in [0, 0.1) is 13.8 Å². The fraction of sp³-hybridized carbons (Fsp3) is 0.250. The van der Waals surface area contributed by atoms with Gasteiger partial charge in [-0.1, -0.05) is 23.4 Å². The molecule has 1 aromatic heterocycles. The molecule has 0 spiro atoms. The molecule has 1 aliphatic rings. The molecule has 5 heteroatoms. The number of para-hydroxylation sites is 1. The van der Waals surface area contributed by atoms with Gasteiger partial charge in [-0.25, -0.2) is 0 Å². The Morgan fingerprint density at radius 1 is 1.12 bits per heavy atom. The van der Waals surface area contributed by atoms with Crippen LogP contribution in [0.5, 0.6) is 0 Å². The zero-order valence-corrected chi connectivity index (χ0v) is 14.3. The van der Waals surface area contributed by atoms with Crippen LogP contribution in [0.2, 0.25) is 0 Å². The van der Waals surface area contributed by atoms with Crippen molar-refractivity contribution in [3.05, 3.63) is 65.0 Å². The third-order valence-electron chi connectivity index (χ3n) is 4.57. The maximum absolute atomic E-state index is 13.0. The highest BCUT2D eigenvalue weighted by Crippen LogP contribution is 2.31. The smallest absolute Gasteiger partial charge is 0.258 e. The molecule has 0 unspecified atom stereocenters. The second kappa shape index (κ2) is 6.16. The lowest BCUT2D eigenvalue weighted by Gasteiger charge is -2.31. The lowest BCUT2D eigenvalue weighted by Crippen LogP contribution is -2.36. The predicted octanol–water partition coefficient (Wildman–Crippen LogP) is 3.95. The second-order valence-electron chi connectivity index (χ2n) is 6.37. The number of aromatic nitrogens is 2. The standard InChI is InChI=1S/C20H19N3O2/c1-13-5-3-6-15-7-4-12-23(18(13)15)20(24)17-10-8-16(9-11-17)19-21-14(2)22-25-19/h3,5-6,8-11H,4,7,12H2,1-2H3. The molecule has 0 fully saturated rings. The van der Waals surface area contributed by atoms with Gasteiger partial charge in [0, 0.05) is 17.7 Å². The van der Waals surface area contributed by atoms with Crippen molar-refractivity contribution < 1.29 is 9.32 Å². The zero-order chi connectivity index (χ0) is 17.4. The SMILES string of the molecule is Cc1noc(-c2ccc(C(=O)N3CCCc4cccc(C)c43)cc2)n1. The Hall–Kier alpha value is -2.95. The number of anilines is 1. The van der Waals surface area contributed by atoms with Gasteiger partial charge in [0.15, 0.2) is 5.82 Å². The van der Waals surface area contributed by atoms with Crippen LogP contribution in [0.1, 0.15) is 33.7 Å². The molecule has 0 aliphatic carbocycles. The number of nitrogens with zero attached hydrogens (tertiary/aromatic N) is 3. The molecule has 2 aromatic carbocycles. The molecule has 0 saturated carbocycles. The molecule has 3 aromatic rings. The normalized spacial score (nSPS) is 13.6. The first-order valence-corrected chi connectivity index (χ1v) is 8.44. The number of benzene rings is 2. The number of aryl methyl sites for hydroxylation is 3. The summed E-state index contributed by atoms with van der Waals surface area (Å²) < 4.78 is 5.17. The molecule has 5 nitrogen and oxygen atoms in total. The van der Waals surface area contributed by atoms with E-state index in [2.05, 4.69) is 35.3 Å². The van der Waals surface area contributed by atoms with Crippen molar-refractivity contribution in [2.24, 2.45) is 0 Å². The Morgan fingerprint density at radius 2 is 1.92 bits per heavy atom. The van der Waals surface area contributed by atoms with Gasteiger partial charge < -0.3 is 9.42 Å². The summed E-state index contributed by atoms with van der Waals surface area (Å²) in [6, 6.07) is 13.6. The van der Waals surface area contributed by atoms with Gasteiger partial charge in [0.1, 0.15) is 0 Å². The Balaban J connectivity index is 1.64. The molecule has 0 saturated heterocycles. The molecule has 0 bridgehead atoms. The summed E-state index contributed by atoms with van der Waals surface area (Å²) in [5, 5.41) is 3.80. The Labute approximate surface area is 146 Å². The van der Waals surface area contributed by atoms with Gasteiger partial charge >= 0.3 is 0 Å². The molecule has 0 radical (unpaired) electrons. The van der Waals surface area contributed by atoms with Crippen LogP contribution in [0.4, 0.5) is 5.69 Å². The van der Waals surface area contributed by atoms with Crippen LogP contribution in [0.15, 0.2) is 47.0 Å². The number of fused-ring (bicyclic) bond motifs is 1. The van der Waals surface area contributed by atoms with E-state index in [1.165, 1.54) is 5.56 Å². The summed E-state index contributed by atoms with van der Waals surface area (Å²) in [5.41, 5.74) is 4.93. The Bertz CT molecular complexity index is 928. The van der Waals surface area contributed by atoms with E-state index in [0.29, 0.717) is 17.3 Å². The fourth-order valence-corrected chi connectivity index (χ4v) is 3.38. The zero-order valence-electron chi connectivity index (χ0n) is 14.3. The van der Waals surface area contributed by atoms with Crippen LogP contribution >= 0.6 is 0 Å². The van der Waals surface area contributed by atoms with Crippen molar-refractivity contribution in [1.82, 2.24) is 10.1 Å². The summed E-state index contributed by atoms with van der Waals surface area (Å²) in [5.74, 6) is 1.09. The third-order valence-corrected chi connectivity index (χ3v) is 4.57. The first-order chi connectivity index (χ1) is 12.1. The highest BCUT2D eigenvalue weighted by Gasteiger charge is 2.25. The highest BCUT2D eigenvalue weighted by atomic mass is 16.5. The molecular formula is C20H19N3O2. The van der Waals surface area contributed by atoms with Gasteiger partial charge in [-0.3, -0.25) is 4.79 Å². The monoisotopic (exact) mass is 333 g/mol. The minimum Gasteiger partial charge on any atom is -0.334 e. The molecule has 0 atom stereocenters. The molecule has 126 valence electrons. The Morgan fingerprint density at radius 3 is 2.64 bits per heavy atom. The summed E-state index contributed by atoms with van der Waals surface area (Å²) in [6.45, 7) is 4.59. The van der Waals surface area contributed by atoms with E-state index >= 15 is 0 Å². The molecule has 2 heterocycles. The quantitative estimate of drug-likeness (QED) is 0.712. The maximum atomic E-state index is 13.0. The first kappa shape index (κ1) is 15.6. The van der Waals surface area contributed by atoms with E-state index in [1.54, 1.807) is 6.92 Å². The van der Waals surface area contributed by atoms with E-state index in [1.807, 2.05) is 29.2 Å². The van der Waals surface area contributed by atoms with Crippen LogP contribution in [-0.2, 0) is 6.42 Å². The first-order valence-electron chi connectivity index (χ1n) is 8.44. The number of carbonyl (C=O) groups excluding carboxylic acids is 1. The van der Waals surface area contributed by atoms with Crippen LogP contribution < -0.4 is 4.90 Å². The van der Waals surface area contributed by atoms with Crippen molar-refractivity contribution in [3.8, 4) is 11.5 Å².